The summed E-state index contributed by atoms with van der Waals surface area (Å²) < 4.78 is 0. The summed E-state index contributed by atoms with van der Waals surface area (Å²) in [5.74, 6) is -0.222. The molecule has 1 aromatic rings. The molecule has 20 heavy (non-hydrogen) atoms. The zero-order valence-corrected chi connectivity index (χ0v) is 12.2. The average Bonchev–Trinajstić information content (AvgIpc) is 2.47. The smallest absolute Gasteiger partial charge is 0.254 e. The quantitative estimate of drug-likeness (QED) is 0.899. The first-order valence-electron chi connectivity index (χ1n) is 6.57. The Labute approximate surface area is 123 Å². The zero-order chi connectivity index (χ0) is 14.5. The van der Waals surface area contributed by atoms with E-state index in [-0.39, 0.29) is 18.4 Å². The molecule has 2 rings (SSSR count). The van der Waals surface area contributed by atoms with E-state index in [0.29, 0.717) is 23.7 Å². The van der Waals surface area contributed by atoms with Crippen LogP contribution in [-0.2, 0) is 4.79 Å². The van der Waals surface area contributed by atoms with Crippen molar-refractivity contribution in [3.63, 3.8) is 0 Å². The third-order valence-corrected chi connectivity index (χ3v) is 3.50. The molecule has 0 bridgehead atoms. The molecule has 1 aliphatic rings. The minimum atomic E-state index is -0.198. The van der Waals surface area contributed by atoms with Crippen LogP contribution in [0.3, 0.4) is 0 Å². The van der Waals surface area contributed by atoms with Gasteiger partial charge in [0.1, 0.15) is 0 Å². The van der Waals surface area contributed by atoms with Crippen LogP contribution in [-0.4, -0.2) is 61.4 Å². The predicted molar refractivity (Wildman–Crippen MR) is 77.9 cm³/mol. The van der Waals surface area contributed by atoms with E-state index in [1.807, 2.05) is 0 Å². The number of nitrogens with zero attached hydrogens (tertiary/aromatic N) is 2. The second-order valence-electron chi connectivity index (χ2n) is 4.80. The van der Waals surface area contributed by atoms with Crippen LogP contribution in [0.2, 0.25) is 5.02 Å². The number of hydrogen-bond acceptors (Lipinski definition) is 3. The van der Waals surface area contributed by atoms with Crippen molar-refractivity contribution in [3.05, 3.63) is 34.9 Å². The fourth-order valence-corrected chi connectivity index (χ4v) is 2.32. The summed E-state index contributed by atoms with van der Waals surface area (Å²) >= 11 is 5.87. The van der Waals surface area contributed by atoms with Crippen molar-refractivity contribution in [3.8, 4) is 0 Å². The lowest BCUT2D eigenvalue weighted by Crippen LogP contribution is -2.49. The Morgan fingerprint density at radius 2 is 2.05 bits per heavy atom. The Morgan fingerprint density at radius 3 is 2.70 bits per heavy atom. The van der Waals surface area contributed by atoms with Gasteiger partial charge in [-0.15, -0.1) is 0 Å². The highest BCUT2D eigenvalue weighted by Crippen LogP contribution is 2.12. The Balaban J connectivity index is 1.95. The first kappa shape index (κ1) is 14.8. The Bertz CT molecular complexity index is 501. The lowest BCUT2D eigenvalue weighted by Gasteiger charge is -2.29. The lowest BCUT2D eigenvalue weighted by molar-refractivity contribution is -0.132. The van der Waals surface area contributed by atoms with Gasteiger partial charge in [0, 0.05) is 43.8 Å². The van der Waals surface area contributed by atoms with Crippen molar-refractivity contribution >= 4 is 23.4 Å². The highest BCUT2D eigenvalue weighted by molar-refractivity contribution is 6.30. The van der Waals surface area contributed by atoms with Gasteiger partial charge in [-0.2, -0.15) is 0 Å². The molecule has 0 unspecified atom stereocenters. The van der Waals surface area contributed by atoms with Crippen molar-refractivity contribution in [2.75, 3.05) is 39.8 Å². The average molecular weight is 296 g/mol. The molecule has 0 atom stereocenters. The van der Waals surface area contributed by atoms with E-state index in [4.69, 9.17) is 11.6 Å². The van der Waals surface area contributed by atoms with Gasteiger partial charge in [-0.3, -0.25) is 9.59 Å². The number of carbonyl (C=O) groups is 2. The van der Waals surface area contributed by atoms with Crippen LogP contribution in [0, 0.1) is 0 Å². The SMILES string of the molecule is CN(CC(=O)N1CCNCC1)C(=O)c1cccc(Cl)c1. The summed E-state index contributed by atoms with van der Waals surface area (Å²) in [6.07, 6.45) is 0. The highest BCUT2D eigenvalue weighted by atomic mass is 35.5. The number of halogens is 1. The fourth-order valence-electron chi connectivity index (χ4n) is 2.13. The monoisotopic (exact) mass is 295 g/mol. The van der Waals surface area contributed by atoms with E-state index in [1.54, 1.807) is 36.2 Å². The van der Waals surface area contributed by atoms with Gasteiger partial charge in [-0.05, 0) is 18.2 Å². The molecule has 5 nitrogen and oxygen atoms in total. The number of rotatable bonds is 3. The third kappa shape index (κ3) is 3.71. The van der Waals surface area contributed by atoms with Crippen molar-refractivity contribution in [1.29, 1.82) is 0 Å². The molecule has 1 aromatic carbocycles. The maximum atomic E-state index is 12.2. The number of piperazine rings is 1. The number of hydrogen-bond donors (Lipinski definition) is 1. The van der Waals surface area contributed by atoms with E-state index in [1.165, 1.54) is 4.90 Å². The standard InChI is InChI=1S/C14H18ClN3O2/c1-17(10-13(19)18-7-5-16-6-8-18)14(20)11-3-2-4-12(15)9-11/h2-4,9,16H,5-8,10H2,1H3. The molecule has 0 spiro atoms. The third-order valence-electron chi connectivity index (χ3n) is 3.26. The lowest BCUT2D eigenvalue weighted by atomic mass is 10.2. The molecule has 0 aromatic heterocycles. The molecule has 1 N–H and O–H groups in total. The molecule has 1 saturated heterocycles. The largest absolute Gasteiger partial charge is 0.339 e. The summed E-state index contributed by atoms with van der Waals surface area (Å²) in [6, 6.07) is 6.74. The van der Waals surface area contributed by atoms with E-state index in [9.17, 15) is 9.59 Å². The molecule has 0 saturated carbocycles. The fraction of sp³-hybridized carbons (Fsp3) is 0.429. The first-order chi connectivity index (χ1) is 9.58. The Hall–Kier alpha value is -1.59. The number of benzene rings is 1. The maximum Gasteiger partial charge on any atom is 0.254 e. The minimum Gasteiger partial charge on any atom is -0.339 e. The van der Waals surface area contributed by atoms with E-state index in [2.05, 4.69) is 5.32 Å². The van der Waals surface area contributed by atoms with Gasteiger partial charge < -0.3 is 15.1 Å². The first-order valence-corrected chi connectivity index (χ1v) is 6.95. The molecular weight excluding hydrogens is 278 g/mol. The van der Waals surface area contributed by atoms with Gasteiger partial charge in [0.15, 0.2) is 0 Å². The molecule has 1 aliphatic heterocycles. The van der Waals surface area contributed by atoms with Gasteiger partial charge in [-0.25, -0.2) is 0 Å². The van der Waals surface area contributed by atoms with Crippen molar-refractivity contribution in [1.82, 2.24) is 15.1 Å². The highest BCUT2D eigenvalue weighted by Gasteiger charge is 2.20. The Morgan fingerprint density at radius 1 is 1.35 bits per heavy atom. The number of likely N-dealkylation sites (N-methyl/N-ethyl adjacent to an activating group) is 1. The zero-order valence-electron chi connectivity index (χ0n) is 11.4. The predicted octanol–water partition coefficient (Wildman–Crippen LogP) is 0.844. The summed E-state index contributed by atoms with van der Waals surface area (Å²) in [4.78, 5) is 27.5. The van der Waals surface area contributed by atoms with Crippen LogP contribution in [0.5, 0.6) is 0 Å². The van der Waals surface area contributed by atoms with Crippen LogP contribution in [0.1, 0.15) is 10.4 Å². The maximum absolute atomic E-state index is 12.2. The van der Waals surface area contributed by atoms with Crippen LogP contribution < -0.4 is 5.32 Å². The summed E-state index contributed by atoms with van der Waals surface area (Å²) in [6.45, 7) is 3.08. The molecule has 6 heteroatoms. The topological polar surface area (TPSA) is 52.7 Å². The minimum absolute atomic E-state index is 0.0237. The molecule has 0 aliphatic carbocycles. The normalized spacial score (nSPS) is 15.0. The molecule has 1 fully saturated rings. The van der Waals surface area contributed by atoms with Crippen molar-refractivity contribution < 1.29 is 9.59 Å². The van der Waals surface area contributed by atoms with E-state index < -0.39 is 0 Å². The van der Waals surface area contributed by atoms with Crippen molar-refractivity contribution in [2.45, 2.75) is 0 Å². The number of carbonyl (C=O) groups excluding carboxylic acids is 2. The summed E-state index contributed by atoms with van der Waals surface area (Å²) in [5.41, 5.74) is 0.494. The van der Waals surface area contributed by atoms with E-state index in [0.717, 1.165) is 13.1 Å². The second kappa shape index (κ2) is 6.72. The molecule has 1 heterocycles. The van der Waals surface area contributed by atoms with E-state index >= 15 is 0 Å². The van der Waals surface area contributed by atoms with Gasteiger partial charge in [0.05, 0.1) is 6.54 Å². The van der Waals surface area contributed by atoms with Gasteiger partial charge in [-0.1, -0.05) is 17.7 Å². The second-order valence-corrected chi connectivity index (χ2v) is 5.24. The van der Waals surface area contributed by atoms with Gasteiger partial charge in [0.25, 0.3) is 5.91 Å². The van der Waals surface area contributed by atoms with Gasteiger partial charge in [0.2, 0.25) is 5.91 Å². The van der Waals surface area contributed by atoms with Crippen LogP contribution in [0.4, 0.5) is 0 Å². The summed E-state index contributed by atoms with van der Waals surface area (Å²) in [7, 11) is 1.63. The van der Waals surface area contributed by atoms with Crippen LogP contribution in [0.15, 0.2) is 24.3 Å². The molecule has 2 amide bonds. The van der Waals surface area contributed by atoms with Crippen molar-refractivity contribution in [2.24, 2.45) is 0 Å². The van der Waals surface area contributed by atoms with Gasteiger partial charge >= 0.3 is 0 Å². The summed E-state index contributed by atoms with van der Waals surface area (Å²) in [5, 5.41) is 3.70. The number of nitrogens with one attached hydrogen (secondary N) is 1. The Kier molecular flexibility index (Phi) is 4.98. The molecule has 0 radical (unpaired) electrons. The molecule has 108 valence electrons. The van der Waals surface area contributed by atoms with Crippen LogP contribution >= 0.6 is 11.6 Å². The number of amides is 2. The molecular formula is C14H18ClN3O2. The van der Waals surface area contributed by atoms with Crippen LogP contribution in [0.25, 0.3) is 0 Å².